The Bertz CT molecular complexity index is 1150. The highest BCUT2D eigenvalue weighted by molar-refractivity contribution is 6.10. The molecule has 3 aromatic rings. The Morgan fingerprint density at radius 1 is 1.10 bits per heavy atom. The van der Waals surface area contributed by atoms with Gasteiger partial charge >= 0.3 is 0 Å². The van der Waals surface area contributed by atoms with Gasteiger partial charge in [-0.3, -0.25) is 4.79 Å². The molecule has 3 aromatic carbocycles. The van der Waals surface area contributed by atoms with E-state index in [9.17, 15) is 14.4 Å². The molecule has 0 aromatic heterocycles. The highest BCUT2D eigenvalue weighted by Crippen LogP contribution is 2.30. The van der Waals surface area contributed by atoms with Gasteiger partial charge in [0.1, 0.15) is 24.1 Å². The number of nitrogens with zero attached hydrogens (tertiary/aromatic N) is 1. The predicted molar refractivity (Wildman–Crippen MR) is 117 cm³/mol. The molecule has 0 bridgehead atoms. The fourth-order valence-electron chi connectivity index (χ4n) is 2.85. The number of ether oxygens (including phenoxy) is 2. The first-order chi connectivity index (χ1) is 15.0. The highest BCUT2D eigenvalue weighted by atomic mass is 19.1. The summed E-state index contributed by atoms with van der Waals surface area (Å²) >= 11 is 0. The van der Waals surface area contributed by atoms with Gasteiger partial charge in [-0.05, 0) is 60.0 Å². The van der Waals surface area contributed by atoms with Crippen LogP contribution in [0.4, 0.5) is 10.1 Å². The van der Waals surface area contributed by atoms with Crippen LogP contribution in [0.15, 0.2) is 72.3 Å². The third-order valence-electron chi connectivity index (χ3n) is 4.56. The lowest BCUT2D eigenvalue weighted by Gasteiger charge is -2.12. The van der Waals surface area contributed by atoms with Crippen LogP contribution in [-0.4, -0.2) is 13.0 Å². The van der Waals surface area contributed by atoms with E-state index in [0.29, 0.717) is 22.7 Å². The minimum atomic E-state index is -0.493. The van der Waals surface area contributed by atoms with Crippen LogP contribution in [0.2, 0.25) is 0 Å². The Balaban J connectivity index is 1.75. The molecule has 3 rings (SSSR count). The molecule has 31 heavy (non-hydrogen) atoms. The molecule has 6 heteroatoms. The summed E-state index contributed by atoms with van der Waals surface area (Å²) in [4.78, 5) is 12.5. The molecule has 0 saturated heterocycles. The van der Waals surface area contributed by atoms with Gasteiger partial charge in [-0.1, -0.05) is 36.4 Å². The average molecular weight is 416 g/mol. The maximum Gasteiger partial charge on any atom is 0.266 e. The summed E-state index contributed by atoms with van der Waals surface area (Å²) in [5.41, 5.74) is 2.94. The van der Waals surface area contributed by atoms with Crippen molar-refractivity contribution in [3.63, 3.8) is 0 Å². The number of para-hydroxylation sites is 1. The first-order valence-corrected chi connectivity index (χ1v) is 9.54. The zero-order valence-electron chi connectivity index (χ0n) is 17.2. The second-order valence-corrected chi connectivity index (χ2v) is 6.76. The van der Waals surface area contributed by atoms with Crippen molar-refractivity contribution in [1.82, 2.24) is 0 Å². The average Bonchev–Trinajstić information content (AvgIpc) is 2.78. The van der Waals surface area contributed by atoms with Gasteiger partial charge in [-0.2, -0.15) is 5.26 Å². The quantitative estimate of drug-likeness (QED) is 0.421. The highest BCUT2D eigenvalue weighted by Gasteiger charge is 2.12. The summed E-state index contributed by atoms with van der Waals surface area (Å²) in [6.07, 6.45) is 1.49. The van der Waals surface area contributed by atoms with Crippen molar-refractivity contribution < 1.29 is 18.7 Å². The molecule has 0 unspecified atom stereocenters. The molecule has 0 fully saturated rings. The first kappa shape index (κ1) is 21.6. The predicted octanol–water partition coefficient (Wildman–Crippen LogP) is 5.27. The lowest BCUT2D eigenvalue weighted by molar-refractivity contribution is -0.112. The second kappa shape index (κ2) is 10.1. The molecule has 0 heterocycles. The standard InChI is InChI=1S/C25H21FN2O3/c1-17-5-3-4-6-22(17)28-25(29)20(15-27)13-19-9-12-23(24(14-19)30-2)31-16-18-7-10-21(26)11-8-18/h3-14H,16H2,1-2H3,(H,28,29)/b20-13-. The first-order valence-electron chi connectivity index (χ1n) is 9.54. The Hall–Kier alpha value is -4.11. The van der Waals surface area contributed by atoms with E-state index in [1.807, 2.05) is 31.2 Å². The lowest BCUT2D eigenvalue weighted by Crippen LogP contribution is -2.14. The van der Waals surface area contributed by atoms with Crippen LogP contribution in [0.3, 0.4) is 0 Å². The molecule has 0 aliphatic carbocycles. The zero-order valence-corrected chi connectivity index (χ0v) is 17.2. The van der Waals surface area contributed by atoms with Crippen LogP contribution >= 0.6 is 0 Å². The van der Waals surface area contributed by atoms with E-state index in [4.69, 9.17) is 9.47 Å². The van der Waals surface area contributed by atoms with Gasteiger partial charge in [0.2, 0.25) is 0 Å². The molecular formula is C25H21FN2O3. The monoisotopic (exact) mass is 416 g/mol. The Labute approximate surface area is 180 Å². The number of carbonyl (C=O) groups excluding carboxylic acids is 1. The van der Waals surface area contributed by atoms with E-state index >= 15 is 0 Å². The Morgan fingerprint density at radius 3 is 2.52 bits per heavy atom. The summed E-state index contributed by atoms with van der Waals surface area (Å²) in [5.74, 6) is 0.143. The van der Waals surface area contributed by atoms with Crippen LogP contribution in [0, 0.1) is 24.1 Å². The van der Waals surface area contributed by atoms with Crippen LogP contribution in [0.1, 0.15) is 16.7 Å². The van der Waals surface area contributed by atoms with E-state index < -0.39 is 5.91 Å². The van der Waals surface area contributed by atoms with Gasteiger partial charge in [-0.25, -0.2) is 4.39 Å². The van der Waals surface area contributed by atoms with Gasteiger partial charge < -0.3 is 14.8 Å². The topological polar surface area (TPSA) is 71.3 Å². The van der Waals surface area contributed by atoms with Crippen molar-refractivity contribution in [2.45, 2.75) is 13.5 Å². The molecule has 5 nitrogen and oxygen atoms in total. The normalized spacial score (nSPS) is 10.8. The maximum atomic E-state index is 13.0. The van der Waals surface area contributed by atoms with Gasteiger partial charge in [-0.15, -0.1) is 0 Å². The third-order valence-corrected chi connectivity index (χ3v) is 4.56. The second-order valence-electron chi connectivity index (χ2n) is 6.76. The number of methoxy groups -OCH3 is 1. The van der Waals surface area contributed by atoms with Crippen LogP contribution in [0.25, 0.3) is 6.08 Å². The number of nitrogens with one attached hydrogen (secondary N) is 1. The molecule has 0 saturated carbocycles. The molecule has 0 atom stereocenters. The number of anilines is 1. The van der Waals surface area contributed by atoms with Crippen molar-refractivity contribution in [3.05, 3.63) is 94.8 Å². The number of hydrogen-bond acceptors (Lipinski definition) is 4. The maximum absolute atomic E-state index is 13.0. The van der Waals surface area contributed by atoms with Gasteiger partial charge in [0, 0.05) is 5.69 Å². The molecular weight excluding hydrogens is 395 g/mol. The molecule has 0 aliphatic rings. The molecule has 0 aliphatic heterocycles. The van der Waals surface area contributed by atoms with Crippen LogP contribution in [-0.2, 0) is 11.4 Å². The number of rotatable bonds is 7. The minimum Gasteiger partial charge on any atom is -0.493 e. The summed E-state index contributed by atoms with van der Waals surface area (Å²) < 4.78 is 24.2. The number of hydrogen-bond donors (Lipinski definition) is 1. The number of halogens is 1. The van der Waals surface area contributed by atoms with E-state index in [1.165, 1.54) is 25.3 Å². The fraction of sp³-hybridized carbons (Fsp3) is 0.120. The molecule has 0 radical (unpaired) electrons. The van der Waals surface area contributed by atoms with Crippen molar-refractivity contribution in [3.8, 4) is 17.6 Å². The summed E-state index contributed by atoms with van der Waals surface area (Å²) in [6.45, 7) is 2.12. The smallest absolute Gasteiger partial charge is 0.266 e. The Morgan fingerprint density at radius 2 is 1.84 bits per heavy atom. The van der Waals surface area contributed by atoms with E-state index in [-0.39, 0.29) is 18.0 Å². The van der Waals surface area contributed by atoms with Crippen LogP contribution < -0.4 is 14.8 Å². The summed E-state index contributed by atoms with van der Waals surface area (Å²) in [7, 11) is 1.50. The SMILES string of the molecule is COc1cc(/C=C(/C#N)C(=O)Nc2ccccc2C)ccc1OCc1ccc(F)cc1. The Kier molecular flexibility index (Phi) is 7.02. The molecule has 156 valence electrons. The van der Waals surface area contributed by atoms with Gasteiger partial charge in [0.25, 0.3) is 5.91 Å². The number of carbonyl (C=O) groups is 1. The van der Waals surface area contributed by atoms with Crippen LogP contribution in [0.5, 0.6) is 11.5 Å². The fourth-order valence-corrected chi connectivity index (χ4v) is 2.85. The van der Waals surface area contributed by atoms with E-state index in [1.54, 1.807) is 36.4 Å². The lowest BCUT2D eigenvalue weighted by atomic mass is 10.1. The molecule has 1 amide bonds. The zero-order chi connectivity index (χ0) is 22.2. The number of nitriles is 1. The third kappa shape index (κ3) is 5.71. The van der Waals surface area contributed by atoms with Crippen molar-refractivity contribution in [2.75, 3.05) is 12.4 Å². The largest absolute Gasteiger partial charge is 0.493 e. The minimum absolute atomic E-state index is 0.0368. The van der Waals surface area contributed by atoms with Crippen molar-refractivity contribution in [2.24, 2.45) is 0 Å². The van der Waals surface area contributed by atoms with Crippen molar-refractivity contribution in [1.29, 1.82) is 5.26 Å². The van der Waals surface area contributed by atoms with E-state index in [2.05, 4.69) is 5.32 Å². The number of amides is 1. The summed E-state index contributed by atoms with van der Waals surface area (Å²) in [6, 6.07) is 20.4. The van der Waals surface area contributed by atoms with Crippen molar-refractivity contribution >= 4 is 17.7 Å². The van der Waals surface area contributed by atoms with E-state index in [0.717, 1.165) is 11.1 Å². The molecule has 1 N–H and O–H groups in total. The summed E-state index contributed by atoms with van der Waals surface area (Å²) in [5, 5.41) is 12.2. The number of benzene rings is 3. The van der Waals surface area contributed by atoms with Gasteiger partial charge in [0.05, 0.1) is 7.11 Å². The van der Waals surface area contributed by atoms with Gasteiger partial charge in [0.15, 0.2) is 11.5 Å². The number of aryl methyl sites for hydroxylation is 1. The molecule has 0 spiro atoms.